The molecule has 19 heavy (non-hydrogen) atoms. The van der Waals surface area contributed by atoms with E-state index in [0.29, 0.717) is 17.1 Å². The van der Waals surface area contributed by atoms with Crippen LogP contribution in [0, 0.1) is 5.82 Å². The lowest BCUT2D eigenvalue weighted by molar-refractivity contribution is -0.120. The molecular weight excluding hydrogens is 263 g/mol. The fourth-order valence-electron chi connectivity index (χ4n) is 1.64. The number of carbonyl (C=O) groups is 1. The van der Waals surface area contributed by atoms with Crippen molar-refractivity contribution in [3.63, 3.8) is 0 Å². The quantitative estimate of drug-likeness (QED) is 0.459. The zero-order valence-corrected chi connectivity index (χ0v) is 12.2. The lowest BCUT2D eigenvalue weighted by Crippen LogP contribution is -2.31. The first-order valence-electron chi connectivity index (χ1n) is 6.53. The van der Waals surface area contributed by atoms with E-state index in [1.54, 1.807) is 13.0 Å². The Balaban J connectivity index is 2.44. The van der Waals surface area contributed by atoms with Crippen LogP contribution in [-0.4, -0.2) is 17.7 Å². The highest BCUT2D eigenvalue weighted by atomic mass is 32.2. The highest BCUT2D eigenvalue weighted by molar-refractivity contribution is 8.00. The third-order valence-corrected chi connectivity index (χ3v) is 3.73. The van der Waals surface area contributed by atoms with E-state index in [-0.39, 0.29) is 17.0 Å². The number of benzene rings is 1. The van der Waals surface area contributed by atoms with Gasteiger partial charge in [0.2, 0.25) is 5.91 Å². The van der Waals surface area contributed by atoms with Crippen molar-refractivity contribution in [2.45, 2.75) is 43.3 Å². The first kappa shape index (κ1) is 15.8. The van der Waals surface area contributed by atoms with Crippen molar-refractivity contribution >= 4 is 23.4 Å². The molecule has 0 aliphatic carbocycles. The Hall–Kier alpha value is -1.23. The van der Waals surface area contributed by atoms with Crippen molar-refractivity contribution in [3.8, 4) is 0 Å². The number of nitrogen functional groups attached to an aromatic ring is 1. The van der Waals surface area contributed by atoms with Gasteiger partial charge in [-0.25, -0.2) is 4.39 Å². The van der Waals surface area contributed by atoms with Crippen molar-refractivity contribution < 1.29 is 9.18 Å². The third-order valence-electron chi connectivity index (χ3n) is 2.66. The maximum Gasteiger partial charge on any atom is 0.233 e. The predicted molar refractivity (Wildman–Crippen MR) is 78.7 cm³/mol. The maximum atomic E-state index is 13.2. The molecule has 1 aromatic carbocycles. The van der Waals surface area contributed by atoms with Crippen molar-refractivity contribution in [1.29, 1.82) is 0 Å². The first-order chi connectivity index (χ1) is 9.02. The first-order valence-corrected chi connectivity index (χ1v) is 7.41. The van der Waals surface area contributed by atoms with E-state index in [4.69, 9.17) is 5.73 Å². The zero-order chi connectivity index (χ0) is 14.3. The lowest BCUT2D eigenvalue weighted by Gasteiger charge is -2.12. The van der Waals surface area contributed by atoms with Crippen molar-refractivity contribution in [2.24, 2.45) is 0 Å². The number of carbonyl (C=O) groups excluding carboxylic acids is 1. The van der Waals surface area contributed by atoms with Crippen molar-refractivity contribution in [2.75, 3.05) is 12.3 Å². The molecule has 106 valence electrons. The summed E-state index contributed by atoms with van der Waals surface area (Å²) in [6.07, 6.45) is 3.23. The summed E-state index contributed by atoms with van der Waals surface area (Å²) in [4.78, 5) is 12.5. The summed E-state index contributed by atoms with van der Waals surface area (Å²) in [5.41, 5.74) is 5.94. The highest BCUT2D eigenvalue weighted by Crippen LogP contribution is 2.26. The molecule has 1 unspecified atom stereocenters. The molecule has 0 aromatic heterocycles. The Morgan fingerprint density at radius 1 is 1.42 bits per heavy atom. The number of hydrogen-bond donors (Lipinski definition) is 2. The summed E-state index contributed by atoms with van der Waals surface area (Å²) in [5.74, 6) is -0.401. The average molecular weight is 284 g/mol. The number of nitrogens with two attached hydrogens (primary N) is 1. The third kappa shape index (κ3) is 5.96. The zero-order valence-electron chi connectivity index (χ0n) is 11.4. The Bertz CT molecular complexity index is 406. The van der Waals surface area contributed by atoms with Crippen LogP contribution in [0.1, 0.15) is 33.1 Å². The Morgan fingerprint density at radius 3 is 2.79 bits per heavy atom. The summed E-state index contributed by atoms with van der Waals surface area (Å²) in [7, 11) is 0. The molecule has 0 saturated carbocycles. The highest BCUT2D eigenvalue weighted by Gasteiger charge is 2.14. The number of hydrogen-bond acceptors (Lipinski definition) is 3. The van der Waals surface area contributed by atoms with Gasteiger partial charge < -0.3 is 11.1 Å². The standard InChI is InChI=1S/C14H21FN2OS/c1-3-4-5-6-17-14(18)10(2)19-13-8-11(15)7-12(16)9-13/h7-10H,3-6,16H2,1-2H3,(H,17,18). The molecule has 3 nitrogen and oxygen atoms in total. The van der Waals surface area contributed by atoms with Crippen LogP contribution >= 0.6 is 11.8 Å². The van der Waals surface area contributed by atoms with E-state index in [0.717, 1.165) is 19.3 Å². The van der Waals surface area contributed by atoms with Gasteiger partial charge in [0.05, 0.1) is 5.25 Å². The molecule has 0 aliphatic heterocycles. The van der Waals surface area contributed by atoms with Gasteiger partial charge in [-0.15, -0.1) is 11.8 Å². The Labute approximate surface area is 118 Å². The fourth-order valence-corrected chi connectivity index (χ4v) is 2.62. The van der Waals surface area contributed by atoms with Gasteiger partial charge in [0.1, 0.15) is 5.82 Å². The van der Waals surface area contributed by atoms with Crippen LogP contribution in [0.25, 0.3) is 0 Å². The molecule has 0 radical (unpaired) electrons. The topological polar surface area (TPSA) is 55.1 Å². The van der Waals surface area contributed by atoms with Gasteiger partial charge >= 0.3 is 0 Å². The molecule has 1 amide bonds. The Kier molecular flexibility index (Phi) is 6.70. The molecule has 1 aromatic rings. The van der Waals surface area contributed by atoms with Crippen LogP contribution in [-0.2, 0) is 4.79 Å². The summed E-state index contributed by atoms with van der Waals surface area (Å²) in [6, 6.07) is 4.33. The van der Waals surface area contributed by atoms with Crippen LogP contribution in [0.4, 0.5) is 10.1 Å². The van der Waals surface area contributed by atoms with E-state index in [9.17, 15) is 9.18 Å². The average Bonchev–Trinajstić information content (AvgIpc) is 2.33. The van der Waals surface area contributed by atoms with Crippen molar-refractivity contribution in [3.05, 3.63) is 24.0 Å². The predicted octanol–water partition coefficient (Wildman–Crippen LogP) is 3.19. The second-order valence-electron chi connectivity index (χ2n) is 4.48. The van der Waals surface area contributed by atoms with E-state index in [1.165, 1.54) is 23.9 Å². The van der Waals surface area contributed by atoms with Crippen molar-refractivity contribution in [1.82, 2.24) is 5.32 Å². The molecule has 0 heterocycles. The van der Waals surface area contributed by atoms with Crippen LogP contribution in [0.2, 0.25) is 0 Å². The number of halogens is 1. The molecular formula is C14H21FN2OS. The SMILES string of the molecule is CCCCCNC(=O)C(C)Sc1cc(N)cc(F)c1. The van der Waals surface area contributed by atoms with E-state index < -0.39 is 0 Å². The molecule has 0 bridgehead atoms. The Morgan fingerprint density at radius 2 is 2.16 bits per heavy atom. The summed E-state index contributed by atoms with van der Waals surface area (Å²) < 4.78 is 13.2. The van der Waals surface area contributed by atoms with Gasteiger partial charge in [0.25, 0.3) is 0 Å². The molecule has 0 fully saturated rings. The summed E-state index contributed by atoms with van der Waals surface area (Å²) in [6.45, 7) is 4.62. The largest absolute Gasteiger partial charge is 0.399 e. The molecule has 3 N–H and O–H groups in total. The summed E-state index contributed by atoms with van der Waals surface area (Å²) >= 11 is 1.31. The van der Waals surface area contributed by atoms with Crippen LogP contribution in [0.5, 0.6) is 0 Å². The molecule has 5 heteroatoms. The number of rotatable bonds is 7. The van der Waals surface area contributed by atoms with Crippen LogP contribution in [0.15, 0.2) is 23.1 Å². The molecule has 0 spiro atoms. The number of thioether (sulfide) groups is 1. The smallest absolute Gasteiger partial charge is 0.233 e. The minimum absolute atomic E-state index is 0.0241. The van der Waals surface area contributed by atoms with Crippen LogP contribution in [0.3, 0.4) is 0 Å². The van der Waals surface area contributed by atoms with Gasteiger partial charge in [0, 0.05) is 17.1 Å². The van der Waals surface area contributed by atoms with E-state index >= 15 is 0 Å². The minimum Gasteiger partial charge on any atom is -0.399 e. The second kappa shape index (κ2) is 8.04. The molecule has 0 saturated heterocycles. The lowest BCUT2D eigenvalue weighted by atomic mass is 10.2. The molecule has 1 rings (SSSR count). The van der Waals surface area contributed by atoms with E-state index in [1.807, 2.05) is 0 Å². The number of amides is 1. The minimum atomic E-state index is -0.377. The molecule has 1 atom stereocenters. The van der Waals surface area contributed by atoms with Gasteiger partial charge in [-0.3, -0.25) is 4.79 Å². The second-order valence-corrected chi connectivity index (χ2v) is 5.89. The van der Waals surface area contributed by atoms with Crippen LogP contribution < -0.4 is 11.1 Å². The number of nitrogens with one attached hydrogen (secondary N) is 1. The molecule has 0 aliphatic rings. The van der Waals surface area contributed by atoms with Gasteiger partial charge in [-0.1, -0.05) is 19.8 Å². The van der Waals surface area contributed by atoms with E-state index in [2.05, 4.69) is 12.2 Å². The normalized spacial score (nSPS) is 12.2. The monoisotopic (exact) mass is 284 g/mol. The van der Waals surface area contributed by atoms with Gasteiger partial charge in [-0.2, -0.15) is 0 Å². The fraction of sp³-hybridized carbons (Fsp3) is 0.500. The number of anilines is 1. The van der Waals surface area contributed by atoms with Gasteiger partial charge in [-0.05, 0) is 31.5 Å². The van der Waals surface area contributed by atoms with Gasteiger partial charge in [0.15, 0.2) is 0 Å². The summed E-state index contributed by atoms with van der Waals surface area (Å²) in [5, 5.41) is 2.62. The maximum absolute atomic E-state index is 13.2. The number of unbranched alkanes of at least 4 members (excludes halogenated alkanes) is 2.